The second-order valence-corrected chi connectivity index (χ2v) is 5.64. The largest absolute Gasteiger partial charge is 0.493 e. The molecule has 4 heteroatoms. The molecule has 120 valence electrons. The van der Waals surface area contributed by atoms with Crippen molar-refractivity contribution in [2.45, 2.75) is 25.7 Å². The van der Waals surface area contributed by atoms with Crippen LogP contribution in [0.3, 0.4) is 0 Å². The van der Waals surface area contributed by atoms with Crippen molar-refractivity contribution in [3.8, 4) is 11.5 Å². The van der Waals surface area contributed by atoms with Crippen molar-refractivity contribution in [2.24, 2.45) is 0 Å². The Kier molecular flexibility index (Phi) is 4.81. The van der Waals surface area contributed by atoms with Crippen LogP contribution in [0.1, 0.15) is 24.0 Å². The van der Waals surface area contributed by atoms with E-state index in [0.717, 1.165) is 18.5 Å². The van der Waals surface area contributed by atoms with Crippen molar-refractivity contribution in [2.75, 3.05) is 19.0 Å². The van der Waals surface area contributed by atoms with Crippen LogP contribution >= 0.6 is 0 Å². The van der Waals surface area contributed by atoms with Gasteiger partial charge in [-0.1, -0.05) is 24.3 Å². The van der Waals surface area contributed by atoms with E-state index in [1.54, 1.807) is 19.2 Å². The molecule has 0 spiro atoms. The number of fused-ring (bicyclic) bond motifs is 1. The highest BCUT2D eigenvalue weighted by Crippen LogP contribution is 2.28. The maximum absolute atomic E-state index is 12.2. The predicted octanol–water partition coefficient (Wildman–Crippen LogP) is 3.59. The average molecular weight is 311 g/mol. The number of rotatable bonds is 5. The Hall–Kier alpha value is -2.49. The van der Waals surface area contributed by atoms with Gasteiger partial charge < -0.3 is 14.8 Å². The maximum atomic E-state index is 12.2. The maximum Gasteiger partial charge on any atom is 0.262 e. The fourth-order valence-electron chi connectivity index (χ4n) is 2.97. The van der Waals surface area contributed by atoms with E-state index in [0.29, 0.717) is 11.5 Å². The van der Waals surface area contributed by atoms with Crippen LogP contribution in [0, 0.1) is 0 Å². The van der Waals surface area contributed by atoms with Gasteiger partial charge in [-0.3, -0.25) is 4.79 Å². The third kappa shape index (κ3) is 3.65. The fourth-order valence-corrected chi connectivity index (χ4v) is 2.97. The van der Waals surface area contributed by atoms with Crippen molar-refractivity contribution in [1.82, 2.24) is 0 Å². The molecule has 0 heterocycles. The Morgan fingerprint density at radius 3 is 2.65 bits per heavy atom. The minimum absolute atomic E-state index is 0.0377. The molecule has 2 aromatic carbocycles. The van der Waals surface area contributed by atoms with Gasteiger partial charge in [0.2, 0.25) is 0 Å². The van der Waals surface area contributed by atoms with Gasteiger partial charge in [-0.05, 0) is 55.0 Å². The Bertz CT molecular complexity index is 697. The summed E-state index contributed by atoms with van der Waals surface area (Å²) in [7, 11) is 1.58. The lowest BCUT2D eigenvalue weighted by Gasteiger charge is -2.19. The molecular formula is C19H21NO3. The third-order valence-corrected chi connectivity index (χ3v) is 4.10. The van der Waals surface area contributed by atoms with Crippen LogP contribution < -0.4 is 14.8 Å². The molecular weight excluding hydrogens is 290 g/mol. The number of carbonyl (C=O) groups excluding carboxylic acids is 1. The highest BCUT2D eigenvalue weighted by Gasteiger charge is 2.15. The highest BCUT2D eigenvalue weighted by molar-refractivity contribution is 5.92. The topological polar surface area (TPSA) is 47.6 Å². The molecule has 2 aromatic rings. The lowest BCUT2D eigenvalue weighted by Crippen LogP contribution is -2.21. The fraction of sp³-hybridized carbons (Fsp3) is 0.316. The highest BCUT2D eigenvalue weighted by atomic mass is 16.5. The van der Waals surface area contributed by atoms with Gasteiger partial charge >= 0.3 is 0 Å². The molecule has 0 aliphatic heterocycles. The van der Waals surface area contributed by atoms with Crippen LogP contribution in [-0.2, 0) is 17.6 Å². The molecule has 0 unspecified atom stereocenters. The van der Waals surface area contributed by atoms with Crippen LogP contribution in [-0.4, -0.2) is 19.6 Å². The van der Waals surface area contributed by atoms with Gasteiger partial charge in [0.05, 0.1) is 7.11 Å². The molecule has 0 saturated carbocycles. The van der Waals surface area contributed by atoms with E-state index in [-0.39, 0.29) is 12.5 Å². The molecule has 1 aliphatic carbocycles. The number of aryl methyl sites for hydroxylation is 1. The van der Waals surface area contributed by atoms with Gasteiger partial charge in [0.25, 0.3) is 5.91 Å². The average Bonchev–Trinajstić information content (AvgIpc) is 2.60. The Morgan fingerprint density at radius 2 is 1.83 bits per heavy atom. The summed E-state index contributed by atoms with van der Waals surface area (Å²) < 4.78 is 10.8. The van der Waals surface area contributed by atoms with Crippen LogP contribution in [0.5, 0.6) is 11.5 Å². The van der Waals surface area contributed by atoms with Crippen molar-refractivity contribution >= 4 is 11.6 Å². The van der Waals surface area contributed by atoms with Crippen LogP contribution in [0.2, 0.25) is 0 Å². The summed E-state index contributed by atoms with van der Waals surface area (Å²) in [5.74, 6) is 1.03. The first-order valence-electron chi connectivity index (χ1n) is 7.94. The summed E-state index contributed by atoms with van der Waals surface area (Å²) in [6.45, 7) is -0.0377. The minimum Gasteiger partial charge on any atom is -0.493 e. The zero-order valence-corrected chi connectivity index (χ0v) is 13.3. The lowest BCUT2D eigenvalue weighted by atomic mass is 9.90. The molecule has 0 saturated heterocycles. The number of para-hydroxylation sites is 2. The zero-order valence-electron chi connectivity index (χ0n) is 13.3. The van der Waals surface area contributed by atoms with Crippen LogP contribution in [0.4, 0.5) is 5.69 Å². The summed E-state index contributed by atoms with van der Waals surface area (Å²) in [6.07, 6.45) is 4.52. The molecule has 0 bridgehead atoms. The number of nitrogens with one attached hydrogen (secondary N) is 1. The van der Waals surface area contributed by atoms with Gasteiger partial charge in [0.1, 0.15) is 0 Å². The summed E-state index contributed by atoms with van der Waals surface area (Å²) in [5.41, 5.74) is 3.53. The SMILES string of the molecule is COc1ccccc1OCC(=O)Nc1cccc2c1CCCC2. The molecule has 3 rings (SSSR count). The van der Waals surface area contributed by atoms with Crippen LogP contribution in [0.25, 0.3) is 0 Å². The van der Waals surface area contributed by atoms with E-state index in [4.69, 9.17) is 9.47 Å². The van der Waals surface area contributed by atoms with E-state index < -0.39 is 0 Å². The summed E-state index contributed by atoms with van der Waals surface area (Å²) >= 11 is 0. The Labute approximate surface area is 136 Å². The number of hydrogen-bond donors (Lipinski definition) is 1. The molecule has 1 amide bonds. The minimum atomic E-state index is -0.158. The molecule has 0 fully saturated rings. The summed E-state index contributed by atoms with van der Waals surface area (Å²) in [6, 6.07) is 13.4. The molecule has 0 atom stereocenters. The number of carbonyl (C=O) groups is 1. The molecule has 1 aliphatic rings. The second kappa shape index (κ2) is 7.18. The van der Waals surface area contributed by atoms with E-state index >= 15 is 0 Å². The number of benzene rings is 2. The molecule has 0 aromatic heterocycles. The monoisotopic (exact) mass is 311 g/mol. The van der Waals surface area contributed by atoms with Gasteiger partial charge in [-0.25, -0.2) is 0 Å². The normalized spacial score (nSPS) is 13.1. The van der Waals surface area contributed by atoms with E-state index in [9.17, 15) is 4.79 Å². The van der Waals surface area contributed by atoms with Gasteiger partial charge in [0.15, 0.2) is 18.1 Å². The predicted molar refractivity (Wildman–Crippen MR) is 90.2 cm³/mol. The smallest absolute Gasteiger partial charge is 0.262 e. The van der Waals surface area contributed by atoms with Gasteiger partial charge in [-0.2, -0.15) is 0 Å². The number of hydrogen-bond acceptors (Lipinski definition) is 3. The second-order valence-electron chi connectivity index (χ2n) is 5.64. The third-order valence-electron chi connectivity index (χ3n) is 4.10. The number of ether oxygens (including phenoxy) is 2. The molecule has 1 N–H and O–H groups in total. The molecule has 4 nitrogen and oxygen atoms in total. The van der Waals surface area contributed by atoms with E-state index in [1.807, 2.05) is 24.3 Å². The first-order chi connectivity index (χ1) is 11.3. The zero-order chi connectivity index (χ0) is 16.1. The van der Waals surface area contributed by atoms with Gasteiger partial charge in [-0.15, -0.1) is 0 Å². The Morgan fingerprint density at radius 1 is 1.04 bits per heavy atom. The van der Waals surface area contributed by atoms with E-state index in [1.165, 1.54) is 24.0 Å². The number of amides is 1. The Balaban J connectivity index is 1.64. The van der Waals surface area contributed by atoms with E-state index in [2.05, 4.69) is 11.4 Å². The van der Waals surface area contributed by atoms with Gasteiger partial charge in [0, 0.05) is 5.69 Å². The molecule has 0 radical (unpaired) electrons. The van der Waals surface area contributed by atoms with Crippen molar-refractivity contribution in [3.05, 3.63) is 53.6 Å². The van der Waals surface area contributed by atoms with Crippen molar-refractivity contribution in [1.29, 1.82) is 0 Å². The number of anilines is 1. The lowest BCUT2D eigenvalue weighted by molar-refractivity contribution is -0.118. The first-order valence-corrected chi connectivity index (χ1v) is 7.94. The first kappa shape index (κ1) is 15.4. The quantitative estimate of drug-likeness (QED) is 0.918. The standard InChI is InChI=1S/C19H21NO3/c1-22-17-11-4-5-12-18(17)23-13-19(21)20-16-10-6-8-14-7-2-3-9-15(14)16/h4-6,8,10-12H,2-3,7,9,13H2,1H3,(H,20,21). The van der Waals surface area contributed by atoms with Crippen molar-refractivity contribution < 1.29 is 14.3 Å². The van der Waals surface area contributed by atoms with Crippen molar-refractivity contribution in [3.63, 3.8) is 0 Å². The van der Waals surface area contributed by atoms with Crippen LogP contribution in [0.15, 0.2) is 42.5 Å². The summed E-state index contributed by atoms with van der Waals surface area (Å²) in [5, 5.41) is 2.97. The summed E-state index contributed by atoms with van der Waals surface area (Å²) in [4.78, 5) is 12.2. The molecule has 23 heavy (non-hydrogen) atoms. The number of methoxy groups -OCH3 is 1.